The summed E-state index contributed by atoms with van der Waals surface area (Å²) in [5, 5.41) is 0. The third kappa shape index (κ3) is 7.03. The maximum Gasteiger partial charge on any atom is -1.00 e. The molecule has 2 aromatic rings. The van der Waals surface area contributed by atoms with Crippen molar-refractivity contribution in [3.8, 4) is 0 Å². The quantitative estimate of drug-likeness (QED) is 0.504. The van der Waals surface area contributed by atoms with Crippen molar-refractivity contribution in [2.45, 2.75) is 45.2 Å². The fourth-order valence-electron chi connectivity index (χ4n) is 3.85. The number of benzene rings is 2. The number of hydrogen-bond donors (Lipinski definition) is 0. The van der Waals surface area contributed by atoms with E-state index in [0.29, 0.717) is 9.52 Å². The van der Waals surface area contributed by atoms with Crippen LogP contribution in [0.3, 0.4) is 0 Å². The van der Waals surface area contributed by atoms with Crippen LogP contribution in [0.1, 0.15) is 44.2 Å². The second-order valence-corrected chi connectivity index (χ2v) is 14.0. The number of hydrogen-bond acceptors (Lipinski definition) is 0. The van der Waals surface area contributed by atoms with Gasteiger partial charge in [-0.05, 0) is 0 Å². The molecule has 2 aromatic carbocycles. The van der Waals surface area contributed by atoms with Crippen molar-refractivity contribution < 1.29 is 48.0 Å². The minimum Gasteiger partial charge on any atom is -1.00 e. The summed E-state index contributed by atoms with van der Waals surface area (Å²) < 4.78 is 3.50. The van der Waals surface area contributed by atoms with Crippen LogP contribution in [0.4, 0.5) is 0 Å². The Labute approximate surface area is 214 Å². The summed E-state index contributed by atoms with van der Waals surface area (Å²) in [5.74, 6) is 0. The van der Waals surface area contributed by atoms with E-state index in [-0.39, 0.29) is 24.8 Å². The van der Waals surface area contributed by atoms with Crippen LogP contribution in [0.2, 0.25) is 12.1 Å². The molecule has 1 aliphatic heterocycles. The summed E-state index contributed by atoms with van der Waals surface area (Å²) in [6.07, 6.45) is 8.73. The van der Waals surface area contributed by atoms with E-state index in [2.05, 4.69) is 86.7 Å². The van der Waals surface area contributed by atoms with Gasteiger partial charge in [0.05, 0.1) is 0 Å². The molecule has 0 unspecified atom stereocenters. The van der Waals surface area contributed by atoms with Crippen molar-refractivity contribution in [2.24, 2.45) is 0 Å². The monoisotopic (exact) mass is 542 g/mol. The zero-order valence-corrected chi connectivity index (χ0v) is 23.8. The Morgan fingerprint density at radius 1 is 0.645 bits per heavy atom. The molecule has 5 rings (SSSR count). The largest absolute Gasteiger partial charge is 1.00 e. The molecule has 1 heterocycles. The summed E-state index contributed by atoms with van der Waals surface area (Å²) in [5.41, 5.74) is 8.83. The van der Waals surface area contributed by atoms with Gasteiger partial charge in [0, 0.05) is 9.52 Å². The van der Waals surface area contributed by atoms with Crippen LogP contribution < -0.4 is 24.8 Å². The molecule has 4 heteroatoms. The van der Waals surface area contributed by atoms with Crippen molar-refractivity contribution in [3.05, 3.63) is 102 Å². The zero-order valence-electron chi connectivity index (χ0n) is 18.4. The van der Waals surface area contributed by atoms with Gasteiger partial charge in [0.15, 0.2) is 0 Å². The molecule has 0 nitrogen and oxygen atoms in total. The van der Waals surface area contributed by atoms with Crippen LogP contribution in [0.15, 0.2) is 90.5 Å². The van der Waals surface area contributed by atoms with Crippen LogP contribution in [0.25, 0.3) is 11.1 Å². The molecule has 0 aromatic heterocycles. The van der Waals surface area contributed by atoms with Gasteiger partial charge in [0.2, 0.25) is 0 Å². The van der Waals surface area contributed by atoms with Crippen molar-refractivity contribution in [2.75, 3.05) is 0 Å². The Hall–Kier alpha value is -0.920. The molecule has 2 aliphatic carbocycles. The second-order valence-electron chi connectivity index (χ2n) is 8.29. The maximum atomic E-state index is 2.42. The summed E-state index contributed by atoms with van der Waals surface area (Å²) in [6.45, 7) is 4.62. The zero-order chi connectivity index (χ0) is 20.1. The number of halogens is 2. The molecular formula is C27H30Cl2SiZr. The van der Waals surface area contributed by atoms with Crippen molar-refractivity contribution in [3.63, 3.8) is 0 Å². The van der Waals surface area contributed by atoms with Gasteiger partial charge in [-0.1, -0.05) is 18.5 Å². The van der Waals surface area contributed by atoms with E-state index >= 15 is 0 Å². The Morgan fingerprint density at radius 2 is 1.00 bits per heavy atom. The van der Waals surface area contributed by atoms with Gasteiger partial charge in [-0.2, -0.15) is 0 Å². The van der Waals surface area contributed by atoms with E-state index < -0.39 is 23.2 Å². The summed E-state index contributed by atoms with van der Waals surface area (Å²) in [6, 6.07) is 25.0. The fraction of sp³-hybridized carbons (Fsp3) is 0.259. The summed E-state index contributed by atoms with van der Waals surface area (Å²) in [7, 11) is 0.605. The molecule has 0 radical (unpaired) electrons. The minimum atomic E-state index is -0.675. The van der Waals surface area contributed by atoms with Gasteiger partial charge in [-0.3, -0.25) is 0 Å². The van der Waals surface area contributed by atoms with Crippen molar-refractivity contribution >= 4 is 20.7 Å². The first-order valence-corrected chi connectivity index (χ1v) is 15.3. The molecule has 1 saturated heterocycles. The molecule has 31 heavy (non-hydrogen) atoms. The predicted octanol–water partition coefficient (Wildman–Crippen LogP) is 0.995. The molecule has 0 bridgehead atoms. The first-order valence-electron chi connectivity index (χ1n) is 10.9. The SMILES string of the molecule is C1C[SiH2]C1.CC1=[C]([Zr+2][C]2=C(C)C=C(c3ccccc3)C2)CC(c2ccccc2)=C1.[Cl-].[Cl-]. The third-order valence-electron chi connectivity index (χ3n) is 6.06. The summed E-state index contributed by atoms with van der Waals surface area (Å²) >= 11 is -0.675. The summed E-state index contributed by atoms with van der Waals surface area (Å²) in [4.78, 5) is 0. The van der Waals surface area contributed by atoms with Gasteiger partial charge in [-0.15, -0.1) is 0 Å². The number of rotatable bonds is 4. The first kappa shape index (κ1) is 26.3. The molecule has 1 fully saturated rings. The maximum absolute atomic E-state index is 2.42. The number of allylic oxidation sites excluding steroid dienone is 8. The molecule has 0 amide bonds. The van der Waals surface area contributed by atoms with Crippen LogP contribution in [-0.4, -0.2) is 9.52 Å². The van der Waals surface area contributed by atoms with Crippen LogP contribution in [0.5, 0.6) is 0 Å². The van der Waals surface area contributed by atoms with E-state index in [1.807, 2.05) is 0 Å². The Bertz CT molecular complexity index is 903. The van der Waals surface area contributed by atoms with E-state index in [1.54, 1.807) is 25.1 Å². The Balaban J connectivity index is 0.000000514. The predicted molar refractivity (Wildman–Crippen MR) is 126 cm³/mol. The van der Waals surface area contributed by atoms with Gasteiger partial charge in [0.25, 0.3) is 0 Å². The van der Waals surface area contributed by atoms with Gasteiger partial charge in [0.1, 0.15) is 0 Å². The first-order chi connectivity index (χ1) is 14.2. The standard InChI is InChI=1S/2C12H11.C3H8Si.2ClH.Zr/c2*1-10-7-8-12(9-10)11-5-3-2-4-6-11;1-2-4-3-1;;;/h2*2-6,9H,8H2,1H3;1-4H2;2*1H;/q;;;;;+2/p-2. The smallest absolute Gasteiger partial charge is 1.00 e. The minimum absolute atomic E-state index is 0. The van der Waals surface area contributed by atoms with E-state index in [0.717, 1.165) is 0 Å². The Morgan fingerprint density at radius 3 is 1.32 bits per heavy atom. The van der Waals surface area contributed by atoms with Gasteiger partial charge in [-0.25, -0.2) is 0 Å². The molecule has 160 valence electrons. The fourth-order valence-corrected chi connectivity index (χ4v) is 7.94. The third-order valence-corrected chi connectivity index (χ3v) is 12.4. The average molecular weight is 545 g/mol. The molecule has 0 spiro atoms. The molecule has 0 saturated carbocycles. The molecule has 0 atom stereocenters. The van der Waals surface area contributed by atoms with Crippen molar-refractivity contribution in [1.29, 1.82) is 0 Å². The van der Waals surface area contributed by atoms with Crippen molar-refractivity contribution in [1.82, 2.24) is 0 Å². The van der Waals surface area contributed by atoms with E-state index in [1.165, 1.54) is 46.3 Å². The van der Waals surface area contributed by atoms with E-state index in [9.17, 15) is 0 Å². The van der Waals surface area contributed by atoms with Gasteiger partial charge >= 0.3 is 163 Å². The molecule has 0 N–H and O–H groups in total. The van der Waals surface area contributed by atoms with Crippen LogP contribution in [0, 0.1) is 0 Å². The average Bonchev–Trinajstić information content (AvgIpc) is 3.25. The van der Waals surface area contributed by atoms with Gasteiger partial charge < -0.3 is 24.8 Å². The Kier molecular flexibility index (Phi) is 11.0. The molecular weight excluding hydrogens is 515 g/mol. The van der Waals surface area contributed by atoms with Crippen LogP contribution in [-0.2, 0) is 23.2 Å². The topological polar surface area (TPSA) is 0 Å². The normalized spacial score (nSPS) is 16.7. The van der Waals surface area contributed by atoms with E-state index in [4.69, 9.17) is 0 Å². The van der Waals surface area contributed by atoms with Crippen LogP contribution >= 0.6 is 0 Å². The molecule has 3 aliphatic rings. The second kappa shape index (κ2) is 12.9.